The lowest BCUT2D eigenvalue weighted by Crippen LogP contribution is -2.44. The number of aromatic nitrogens is 2. The number of nitrogens with two attached hydrogens (primary N) is 1. The van der Waals surface area contributed by atoms with Gasteiger partial charge in [-0.2, -0.15) is 4.98 Å². The molecule has 1 saturated carbocycles. The molecule has 0 saturated heterocycles. The van der Waals surface area contributed by atoms with Crippen LogP contribution in [0.3, 0.4) is 0 Å². The van der Waals surface area contributed by atoms with Crippen LogP contribution in [0.5, 0.6) is 11.5 Å². The molecule has 3 rings (SSSR count). The molecule has 1 aliphatic rings. The first-order valence-electron chi connectivity index (χ1n) is 7.18. The van der Waals surface area contributed by atoms with Gasteiger partial charge in [-0.1, -0.05) is 5.16 Å². The van der Waals surface area contributed by atoms with Gasteiger partial charge in [0.2, 0.25) is 0 Å². The molecule has 116 valence electrons. The normalized spacial score (nSPS) is 16.5. The molecule has 1 aliphatic carbocycles. The topological polar surface area (TPSA) is 83.4 Å². The Kier molecular flexibility index (Phi) is 3.85. The van der Waals surface area contributed by atoms with Gasteiger partial charge in [-0.15, -0.1) is 0 Å². The molecule has 0 unspecified atom stereocenters. The van der Waals surface area contributed by atoms with Gasteiger partial charge in [-0.05, 0) is 37.5 Å². The van der Waals surface area contributed by atoms with Crippen molar-refractivity contribution in [2.45, 2.75) is 24.8 Å². The zero-order valence-corrected chi connectivity index (χ0v) is 12.7. The van der Waals surface area contributed by atoms with E-state index in [2.05, 4.69) is 10.1 Å². The summed E-state index contributed by atoms with van der Waals surface area (Å²) in [5, 5.41) is 3.98. The van der Waals surface area contributed by atoms with Crippen LogP contribution in [0.4, 0.5) is 0 Å². The highest BCUT2D eigenvalue weighted by Crippen LogP contribution is 2.37. The molecule has 0 atom stereocenters. The van der Waals surface area contributed by atoms with Crippen molar-refractivity contribution in [1.82, 2.24) is 10.1 Å². The molecule has 2 aromatic rings. The summed E-state index contributed by atoms with van der Waals surface area (Å²) in [4.78, 5) is 4.35. The first-order chi connectivity index (χ1) is 10.6. The summed E-state index contributed by atoms with van der Waals surface area (Å²) in [6, 6.07) is 5.59. The van der Waals surface area contributed by atoms with E-state index in [1.54, 1.807) is 20.3 Å². The van der Waals surface area contributed by atoms with Gasteiger partial charge in [0.1, 0.15) is 11.5 Å². The van der Waals surface area contributed by atoms with E-state index in [9.17, 15) is 0 Å². The third kappa shape index (κ3) is 2.69. The first kappa shape index (κ1) is 14.6. The molecule has 6 heteroatoms. The highest BCUT2D eigenvalue weighted by molar-refractivity contribution is 5.70. The minimum atomic E-state index is -0.409. The average Bonchev–Trinajstić information content (AvgIpc) is 2.99. The zero-order chi connectivity index (χ0) is 15.6. The van der Waals surface area contributed by atoms with Crippen molar-refractivity contribution in [1.29, 1.82) is 0 Å². The second kappa shape index (κ2) is 5.81. The maximum atomic E-state index is 6.18. The second-order valence-electron chi connectivity index (χ2n) is 5.41. The molecular weight excluding hydrogens is 282 g/mol. The van der Waals surface area contributed by atoms with E-state index in [-0.39, 0.29) is 0 Å². The lowest BCUT2D eigenvalue weighted by atomic mass is 9.77. The van der Waals surface area contributed by atoms with E-state index in [1.807, 2.05) is 24.3 Å². The van der Waals surface area contributed by atoms with Crippen LogP contribution in [0, 0.1) is 0 Å². The van der Waals surface area contributed by atoms with Gasteiger partial charge in [0, 0.05) is 17.7 Å². The van der Waals surface area contributed by atoms with Gasteiger partial charge in [0.25, 0.3) is 5.89 Å². The van der Waals surface area contributed by atoms with Crippen LogP contribution in [0.25, 0.3) is 12.2 Å². The molecule has 0 amide bonds. The molecule has 0 aliphatic heterocycles. The quantitative estimate of drug-likeness (QED) is 0.914. The van der Waals surface area contributed by atoms with E-state index in [0.29, 0.717) is 17.5 Å². The second-order valence-corrected chi connectivity index (χ2v) is 5.41. The van der Waals surface area contributed by atoms with Crippen molar-refractivity contribution in [3.63, 3.8) is 0 Å². The maximum absolute atomic E-state index is 6.18. The maximum Gasteiger partial charge on any atom is 0.250 e. The fourth-order valence-corrected chi connectivity index (χ4v) is 2.40. The van der Waals surface area contributed by atoms with Crippen LogP contribution in [0.2, 0.25) is 0 Å². The smallest absolute Gasteiger partial charge is 0.250 e. The Balaban J connectivity index is 1.79. The Labute approximate surface area is 128 Å². The molecular formula is C16H19N3O3. The molecule has 1 fully saturated rings. The van der Waals surface area contributed by atoms with Gasteiger partial charge < -0.3 is 19.7 Å². The monoisotopic (exact) mass is 301 g/mol. The summed E-state index contributed by atoms with van der Waals surface area (Å²) >= 11 is 0. The van der Waals surface area contributed by atoms with Crippen molar-refractivity contribution >= 4 is 12.2 Å². The lowest BCUT2D eigenvalue weighted by molar-refractivity contribution is 0.229. The Morgan fingerprint density at radius 1 is 1.23 bits per heavy atom. The van der Waals surface area contributed by atoms with Crippen LogP contribution >= 0.6 is 0 Å². The summed E-state index contributed by atoms with van der Waals surface area (Å²) < 4.78 is 15.8. The standard InChI is InChI=1S/C16H19N3O3/c1-20-12-6-4-11(13(10-12)21-2)5-7-14-18-15(19-22-14)16(17)8-3-9-16/h4-7,10H,3,8-9,17H2,1-2H3/b7-5+. The van der Waals surface area contributed by atoms with Crippen LogP contribution in [0.1, 0.15) is 36.5 Å². The number of nitrogens with zero attached hydrogens (tertiary/aromatic N) is 2. The molecule has 6 nitrogen and oxygen atoms in total. The van der Waals surface area contributed by atoms with E-state index in [1.165, 1.54) is 0 Å². The van der Waals surface area contributed by atoms with Crippen LogP contribution < -0.4 is 15.2 Å². The SMILES string of the molecule is COc1ccc(/C=C/c2nc(C3(N)CCC3)no2)c(OC)c1. The third-order valence-electron chi connectivity index (χ3n) is 3.98. The fraction of sp³-hybridized carbons (Fsp3) is 0.375. The molecule has 0 spiro atoms. The Morgan fingerprint density at radius 2 is 2.05 bits per heavy atom. The number of ether oxygens (including phenoxy) is 2. The number of methoxy groups -OCH3 is 2. The van der Waals surface area contributed by atoms with Crippen LogP contribution in [-0.4, -0.2) is 24.4 Å². The highest BCUT2D eigenvalue weighted by Gasteiger charge is 2.38. The number of hydrogen-bond acceptors (Lipinski definition) is 6. The Morgan fingerprint density at radius 3 is 2.68 bits per heavy atom. The molecule has 2 N–H and O–H groups in total. The molecule has 1 aromatic heterocycles. The van der Waals surface area contributed by atoms with Crippen molar-refractivity contribution in [3.8, 4) is 11.5 Å². The van der Waals surface area contributed by atoms with E-state index in [0.717, 1.165) is 30.6 Å². The van der Waals surface area contributed by atoms with Crippen LogP contribution in [0.15, 0.2) is 22.7 Å². The van der Waals surface area contributed by atoms with E-state index < -0.39 is 5.54 Å². The van der Waals surface area contributed by atoms with E-state index >= 15 is 0 Å². The van der Waals surface area contributed by atoms with E-state index in [4.69, 9.17) is 19.7 Å². The number of benzene rings is 1. The third-order valence-corrected chi connectivity index (χ3v) is 3.98. The number of rotatable bonds is 5. The lowest BCUT2D eigenvalue weighted by Gasteiger charge is -2.34. The molecule has 0 radical (unpaired) electrons. The average molecular weight is 301 g/mol. The minimum absolute atomic E-state index is 0.409. The Bertz CT molecular complexity index is 690. The van der Waals surface area contributed by atoms with Crippen molar-refractivity contribution in [3.05, 3.63) is 35.5 Å². The van der Waals surface area contributed by atoms with Gasteiger partial charge in [-0.3, -0.25) is 0 Å². The largest absolute Gasteiger partial charge is 0.497 e. The highest BCUT2D eigenvalue weighted by atomic mass is 16.5. The van der Waals surface area contributed by atoms with Gasteiger partial charge in [0.15, 0.2) is 5.82 Å². The molecule has 0 bridgehead atoms. The molecule has 1 heterocycles. The minimum Gasteiger partial charge on any atom is -0.497 e. The van der Waals surface area contributed by atoms with Gasteiger partial charge in [0.05, 0.1) is 19.8 Å². The molecule has 1 aromatic carbocycles. The number of hydrogen-bond donors (Lipinski definition) is 1. The summed E-state index contributed by atoms with van der Waals surface area (Å²) in [7, 11) is 3.24. The van der Waals surface area contributed by atoms with Crippen molar-refractivity contribution < 1.29 is 14.0 Å². The Hall–Kier alpha value is -2.34. The summed E-state index contributed by atoms with van der Waals surface area (Å²) in [5.74, 6) is 2.47. The summed E-state index contributed by atoms with van der Waals surface area (Å²) in [5.41, 5.74) is 6.67. The summed E-state index contributed by atoms with van der Waals surface area (Å²) in [6.07, 6.45) is 6.53. The van der Waals surface area contributed by atoms with Gasteiger partial charge in [-0.25, -0.2) is 0 Å². The first-order valence-corrected chi connectivity index (χ1v) is 7.18. The predicted octanol–water partition coefficient (Wildman–Crippen LogP) is 2.60. The molecule has 22 heavy (non-hydrogen) atoms. The van der Waals surface area contributed by atoms with Crippen molar-refractivity contribution in [2.75, 3.05) is 14.2 Å². The zero-order valence-electron chi connectivity index (χ0n) is 12.7. The van der Waals surface area contributed by atoms with Gasteiger partial charge >= 0.3 is 0 Å². The van der Waals surface area contributed by atoms with Crippen LogP contribution in [-0.2, 0) is 5.54 Å². The van der Waals surface area contributed by atoms with Crippen molar-refractivity contribution in [2.24, 2.45) is 5.73 Å². The summed E-state index contributed by atoms with van der Waals surface area (Å²) in [6.45, 7) is 0. The fourth-order valence-electron chi connectivity index (χ4n) is 2.40. The predicted molar refractivity (Wildman–Crippen MR) is 82.5 cm³/mol.